The number of benzene rings is 2. The van der Waals surface area contributed by atoms with Gasteiger partial charge in [0, 0.05) is 23.7 Å². The van der Waals surface area contributed by atoms with Gasteiger partial charge in [-0.1, -0.05) is 59.6 Å². The van der Waals surface area contributed by atoms with E-state index in [1.54, 1.807) is 0 Å². The molecule has 0 aliphatic carbocycles. The predicted molar refractivity (Wildman–Crippen MR) is 94.7 cm³/mol. The van der Waals surface area contributed by atoms with Crippen LogP contribution in [0.4, 0.5) is 0 Å². The molecule has 118 valence electrons. The maximum atomic E-state index is 6.28. The predicted octanol–water partition coefficient (Wildman–Crippen LogP) is 3.94. The van der Waals surface area contributed by atoms with E-state index < -0.39 is 0 Å². The second-order valence-electron chi connectivity index (χ2n) is 5.74. The molecule has 0 aliphatic heterocycles. The Morgan fingerprint density at radius 2 is 1.83 bits per heavy atom. The standard InChI is InChI=1S/C19H20ClN3/c1-14-6-8-15(9-7-14)10-18-11-17(12-21)22-23(18)13-16-4-2-3-5-19(16)20/h2-9,11H,10,12-13,21H2,1H3. The van der Waals surface area contributed by atoms with Gasteiger partial charge >= 0.3 is 0 Å². The molecular weight excluding hydrogens is 306 g/mol. The molecule has 0 bridgehead atoms. The molecule has 0 unspecified atom stereocenters. The maximum Gasteiger partial charge on any atom is 0.0763 e. The van der Waals surface area contributed by atoms with E-state index in [4.69, 9.17) is 17.3 Å². The summed E-state index contributed by atoms with van der Waals surface area (Å²) in [6, 6.07) is 18.5. The molecule has 0 saturated carbocycles. The van der Waals surface area contributed by atoms with Crippen LogP contribution in [0.25, 0.3) is 0 Å². The smallest absolute Gasteiger partial charge is 0.0763 e. The van der Waals surface area contributed by atoms with Gasteiger partial charge in [-0.15, -0.1) is 0 Å². The fourth-order valence-corrected chi connectivity index (χ4v) is 2.79. The van der Waals surface area contributed by atoms with E-state index in [0.717, 1.165) is 28.4 Å². The molecule has 0 fully saturated rings. The van der Waals surface area contributed by atoms with Crippen LogP contribution in [-0.2, 0) is 19.5 Å². The van der Waals surface area contributed by atoms with Crippen LogP contribution >= 0.6 is 11.6 Å². The van der Waals surface area contributed by atoms with Gasteiger partial charge < -0.3 is 5.73 Å². The summed E-state index contributed by atoms with van der Waals surface area (Å²) in [4.78, 5) is 0. The molecule has 0 amide bonds. The molecule has 0 atom stereocenters. The molecule has 2 aromatic carbocycles. The average Bonchev–Trinajstić information content (AvgIpc) is 2.94. The Balaban J connectivity index is 1.89. The van der Waals surface area contributed by atoms with Gasteiger partial charge in [-0.25, -0.2) is 0 Å². The lowest BCUT2D eigenvalue weighted by Crippen LogP contribution is -2.08. The molecule has 3 rings (SSSR count). The first-order valence-corrected chi connectivity index (χ1v) is 8.08. The number of hydrogen-bond acceptors (Lipinski definition) is 2. The first-order valence-electron chi connectivity index (χ1n) is 7.70. The topological polar surface area (TPSA) is 43.8 Å². The second kappa shape index (κ2) is 6.99. The van der Waals surface area contributed by atoms with Crippen LogP contribution in [0.3, 0.4) is 0 Å². The first-order chi connectivity index (χ1) is 11.2. The third-order valence-electron chi connectivity index (χ3n) is 3.91. The van der Waals surface area contributed by atoms with Crippen LogP contribution in [0.15, 0.2) is 54.6 Å². The van der Waals surface area contributed by atoms with Crippen molar-refractivity contribution in [2.75, 3.05) is 0 Å². The van der Waals surface area contributed by atoms with E-state index in [1.165, 1.54) is 11.1 Å². The minimum atomic E-state index is 0.441. The van der Waals surface area contributed by atoms with E-state index in [-0.39, 0.29) is 0 Å². The lowest BCUT2D eigenvalue weighted by Gasteiger charge is -2.09. The van der Waals surface area contributed by atoms with Gasteiger partial charge in [0.2, 0.25) is 0 Å². The van der Waals surface area contributed by atoms with E-state index in [1.807, 2.05) is 28.9 Å². The zero-order chi connectivity index (χ0) is 16.2. The van der Waals surface area contributed by atoms with Gasteiger partial charge in [0.1, 0.15) is 0 Å². The SMILES string of the molecule is Cc1ccc(Cc2cc(CN)nn2Cc2ccccc2Cl)cc1. The number of rotatable bonds is 5. The lowest BCUT2D eigenvalue weighted by molar-refractivity contribution is 0.643. The molecule has 1 heterocycles. The van der Waals surface area contributed by atoms with Crippen molar-refractivity contribution in [1.29, 1.82) is 0 Å². The van der Waals surface area contributed by atoms with Crippen LogP contribution in [0.2, 0.25) is 5.02 Å². The molecule has 2 N–H and O–H groups in total. The molecule has 0 radical (unpaired) electrons. The van der Waals surface area contributed by atoms with E-state index in [0.29, 0.717) is 13.1 Å². The number of hydrogen-bond donors (Lipinski definition) is 1. The fourth-order valence-electron chi connectivity index (χ4n) is 2.60. The van der Waals surface area contributed by atoms with Gasteiger partial charge in [-0.2, -0.15) is 5.10 Å². The van der Waals surface area contributed by atoms with Crippen molar-refractivity contribution in [3.05, 3.63) is 87.7 Å². The van der Waals surface area contributed by atoms with Crippen molar-refractivity contribution < 1.29 is 0 Å². The summed E-state index contributed by atoms with van der Waals surface area (Å²) in [6.45, 7) is 3.19. The van der Waals surface area contributed by atoms with Gasteiger partial charge in [-0.3, -0.25) is 4.68 Å². The van der Waals surface area contributed by atoms with Crippen molar-refractivity contribution in [1.82, 2.24) is 9.78 Å². The lowest BCUT2D eigenvalue weighted by atomic mass is 10.1. The molecular formula is C19H20ClN3. The zero-order valence-electron chi connectivity index (χ0n) is 13.2. The summed E-state index contributed by atoms with van der Waals surface area (Å²) in [6.07, 6.45) is 0.831. The summed E-state index contributed by atoms with van der Waals surface area (Å²) in [5, 5.41) is 5.37. The number of nitrogens with two attached hydrogens (primary N) is 1. The number of halogens is 1. The van der Waals surface area contributed by atoms with Crippen molar-refractivity contribution >= 4 is 11.6 Å². The van der Waals surface area contributed by atoms with Crippen LogP contribution in [-0.4, -0.2) is 9.78 Å². The summed E-state index contributed by atoms with van der Waals surface area (Å²) >= 11 is 6.28. The van der Waals surface area contributed by atoms with Crippen molar-refractivity contribution in [2.45, 2.75) is 26.4 Å². The molecule has 23 heavy (non-hydrogen) atoms. The highest BCUT2D eigenvalue weighted by Gasteiger charge is 2.10. The molecule has 3 nitrogen and oxygen atoms in total. The van der Waals surface area contributed by atoms with Crippen LogP contribution in [0, 0.1) is 6.92 Å². The third kappa shape index (κ3) is 3.81. The summed E-state index contributed by atoms with van der Waals surface area (Å²) in [5.41, 5.74) is 11.4. The van der Waals surface area contributed by atoms with Gasteiger partial charge in [0.05, 0.1) is 12.2 Å². The van der Waals surface area contributed by atoms with Crippen LogP contribution < -0.4 is 5.73 Å². The highest BCUT2D eigenvalue weighted by atomic mass is 35.5. The molecule has 0 saturated heterocycles. The van der Waals surface area contributed by atoms with Crippen molar-refractivity contribution in [2.24, 2.45) is 5.73 Å². The number of aryl methyl sites for hydroxylation is 1. The first kappa shape index (κ1) is 15.8. The fraction of sp³-hybridized carbons (Fsp3) is 0.211. The molecule has 1 aromatic heterocycles. The van der Waals surface area contributed by atoms with E-state index >= 15 is 0 Å². The largest absolute Gasteiger partial charge is 0.325 e. The Hall–Kier alpha value is -2.10. The summed E-state index contributed by atoms with van der Waals surface area (Å²) in [7, 11) is 0. The maximum absolute atomic E-state index is 6.28. The second-order valence-corrected chi connectivity index (χ2v) is 6.15. The van der Waals surface area contributed by atoms with E-state index in [9.17, 15) is 0 Å². The molecule has 4 heteroatoms. The normalized spacial score (nSPS) is 10.9. The summed E-state index contributed by atoms with van der Waals surface area (Å²) in [5.74, 6) is 0. The van der Waals surface area contributed by atoms with Gasteiger partial charge in [0.15, 0.2) is 0 Å². The Labute approximate surface area is 141 Å². The van der Waals surface area contributed by atoms with Crippen LogP contribution in [0.5, 0.6) is 0 Å². The molecule has 0 aliphatic rings. The Kier molecular flexibility index (Phi) is 4.79. The number of nitrogens with zero attached hydrogens (tertiary/aromatic N) is 2. The van der Waals surface area contributed by atoms with Crippen LogP contribution in [0.1, 0.15) is 28.1 Å². The van der Waals surface area contributed by atoms with Crippen molar-refractivity contribution in [3.63, 3.8) is 0 Å². The molecule has 0 spiro atoms. The highest BCUT2D eigenvalue weighted by Crippen LogP contribution is 2.19. The Morgan fingerprint density at radius 3 is 2.52 bits per heavy atom. The monoisotopic (exact) mass is 325 g/mol. The third-order valence-corrected chi connectivity index (χ3v) is 4.28. The minimum Gasteiger partial charge on any atom is -0.325 e. The van der Waals surface area contributed by atoms with Gasteiger partial charge in [0.25, 0.3) is 0 Å². The average molecular weight is 326 g/mol. The van der Waals surface area contributed by atoms with E-state index in [2.05, 4.69) is 42.4 Å². The Bertz CT molecular complexity index is 791. The van der Waals surface area contributed by atoms with Gasteiger partial charge in [-0.05, 0) is 30.2 Å². The highest BCUT2D eigenvalue weighted by molar-refractivity contribution is 6.31. The minimum absolute atomic E-state index is 0.441. The molecule has 3 aromatic rings. The Morgan fingerprint density at radius 1 is 1.09 bits per heavy atom. The summed E-state index contributed by atoms with van der Waals surface area (Å²) < 4.78 is 2.00. The zero-order valence-corrected chi connectivity index (χ0v) is 13.9. The van der Waals surface area contributed by atoms with Crippen molar-refractivity contribution in [3.8, 4) is 0 Å². The number of aromatic nitrogens is 2. The quantitative estimate of drug-likeness (QED) is 0.772.